The lowest BCUT2D eigenvalue weighted by molar-refractivity contribution is 0.596. The standard InChI is InChI=1S/C13H11ClFNOS/c14-10-3-1-9(2-4-10)8-18(17)13-6-5-11(16)7-12(13)15/h1-7H,8,16H2. The molecule has 2 N–H and O–H groups in total. The maximum atomic E-state index is 13.6. The molecule has 18 heavy (non-hydrogen) atoms. The molecule has 0 saturated carbocycles. The molecule has 5 heteroatoms. The van der Waals surface area contributed by atoms with E-state index in [4.69, 9.17) is 17.3 Å². The SMILES string of the molecule is Nc1ccc(S(=O)Cc2ccc(Cl)cc2)c(F)c1. The highest BCUT2D eigenvalue weighted by molar-refractivity contribution is 7.84. The molecule has 0 spiro atoms. The van der Waals surface area contributed by atoms with Gasteiger partial charge in [0.05, 0.1) is 21.4 Å². The number of anilines is 1. The van der Waals surface area contributed by atoms with E-state index in [-0.39, 0.29) is 10.6 Å². The summed E-state index contributed by atoms with van der Waals surface area (Å²) in [7, 11) is -1.43. The maximum absolute atomic E-state index is 13.6. The molecule has 0 bridgehead atoms. The summed E-state index contributed by atoms with van der Waals surface area (Å²) >= 11 is 5.76. The Hall–Kier alpha value is -1.39. The molecule has 2 aromatic carbocycles. The minimum Gasteiger partial charge on any atom is -0.399 e. The van der Waals surface area contributed by atoms with Crippen LogP contribution in [0.5, 0.6) is 0 Å². The molecule has 2 rings (SSSR count). The van der Waals surface area contributed by atoms with Gasteiger partial charge in [0.25, 0.3) is 0 Å². The molecule has 0 aromatic heterocycles. The molecule has 1 atom stereocenters. The van der Waals surface area contributed by atoms with Gasteiger partial charge in [0, 0.05) is 10.7 Å². The lowest BCUT2D eigenvalue weighted by atomic mass is 10.2. The van der Waals surface area contributed by atoms with Crippen LogP contribution in [0.3, 0.4) is 0 Å². The van der Waals surface area contributed by atoms with Crippen molar-refractivity contribution in [3.8, 4) is 0 Å². The molecular formula is C13H11ClFNOS. The molecular weight excluding hydrogens is 273 g/mol. The monoisotopic (exact) mass is 283 g/mol. The van der Waals surface area contributed by atoms with Gasteiger partial charge in [-0.2, -0.15) is 0 Å². The van der Waals surface area contributed by atoms with E-state index < -0.39 is 16.6 Å². The number of nitrogens with two attached hydrogens (primary N) is 1. The van der Waals surface area contributed by atoms with Gasteiger partial charge in [0.2, 0.25) is 0 Å². The predicted molar refractivity (Wildman–Crippen MR) is 72.4 cm³/mol. The second kappa shape index (κ2) is 5.50. The lowest BCUT2D eigenvalue weighted by Crippen LogP contribution is -2.00. The Bertz CT molecular complexity index is 586. The molecule has 1 unspecified atom stereocenters. The van der Waals surface area contributed by atoms with Crippen molar-refractivity contribution in [1.29, 1.82) is 0 Å². The third-order valence-electron chi connectivity index (χ3n) is 2.41. The highest BCUT2D eigenvalue weighted by Gasteiger charge is 2.11. The Labute approximate surface area is 112 Å². The topological polar surface area (TPSA) is 43.1 Å². The van der Waals surface area contributed by atoms with Crippen molar-refractivity contribution in [3.63, 3.8) is 0 Å². The van der Waals surface area contributed by atoms with Crippen molar-refractivity contribution in [1.82, 2.24) is 0 Å². The molecule has 94 valence electrons. The summed E-state index contributed by atoms with van der Waals surface area (Å²) in [4.78, 5) is 0.166. The number of halogens is 2. The van der Waals surface area contributed by atoms with Gasteiger partial charge in [-0.1, -0.05) is 23.7 Å². The highest BCUT2D eigenvalue weighted by Crippen LogP contribution is 2.19. The fourth-order valence-corrected chi connectivity index (χ4v) is 2.78. The van der Waals surface area contributed by atoms with E-state index in [0.717, 1.165) is 5.56 Å². The summed E-state index contributed by atoms with van der Waals surface area (Å²) in [6.45, 7) is 0. The maximum Gasteiger partial charge on any atom is 0.141 e. The first-order valence-corrected chi connectivity index (χ1v) is 6.94. The quantitative estimate of drug-likeness (QED) is 0.878. The van der Waals surface area contributed by atoms with Crippen LogP contribution in [-0.4, -0.2) is 4.21 Å². The molecule has 0 heterocycles. The Morgan fingerprint density at radius 3 is 2.44 bits per heavy atom. The first-order chi connectivity index (χ1) is 8.56. The zero-order valence-electron chi connectivity index (χ0n) is 9.40. The van der Waals surface area contributed by atoms with Crippen molar-refractivity contribution in [3.05, 3.63) is 58.9 Å². The van der Waals surface area contributed by atoms with Crippen LogP contribution in [0, 0.1) is 5.82 Å². The summed E-state index contributed by atoms with van der Waals surface area (Å²) in [6.07, 6.45) is 0. The second-order valence-corrected chi connectivity index (χ2v) is 5.66. The zero-order chi connectivity index (χ0) is 13.1. The zero-order valence-corrected chi connectivity index (χ0v) is 11.0. The summed E-state index contributed by atoms with van der Waals surface area (Å²) in [5.41, 5.74) is 6.60. The molecule has 0 aliphatic carbocycles. The molecule has 0 radical (unpaired) electrons. The highest BCUT2D eigenvalue weighted by atomic mass is 35.5. The number of hydrogen-bond donors (Lipinski definition) is 1. The van der Waals surface area contributed by atoms with Crippen molar-refractivity contribution in [2.45, 2.75) is 10.6 Å². The van der Waals surface area contributed by atoms with Gasteiger partial charge in [-0.05, 0) is 35.9 Å². The Kier molecular flexibility index (Phi) is 3.99. The van der Waals surface area contributed by atoms with Crippen LogP contribution in [0.2, 0.25) is 5.02 Å². The first kappa shape index (κ1) is 13.1. The number of rotatable bonds is 3. The van der Waals surface area contributed by atoms with Gasteiger partial charge < -0.3 is 5.73 Å². The summed E-state index contributed by atoms with van der Waals surface area (Å²) in [5, 5.41) is 0.614. The van der Waals surface area contributed by atoms with Crippen molar-refractivity contribution < 1.29 is 8.60 Å². The molecule has 0 aliphatic rings. The Morgan fingerprint density at radius 1 is 1.17 bits per heavy atom. The van der Waals surface area contributed by atoms with E-state index in [2.05, 4.69) is 0 Å². The first-order valence-electron chi connectivity index (χ1n) is 5.24. The largest absolute Gasteiger partial charge is 0.399 e. The predicted octanol–water partition coefficient (Wildman–Crippen LogP) is 3.37. The van der Waals surface area contributed by atoms with E-state index in [1.165, 1.54) is 18.2 Å². The van der Waals surface area contributed by atoms with E-state index in [0.29, 0.717) is 10.7 Å². The molecule has 0 saturated heterocycles. The minimum absolute atomic E-state index is 0.166. The lowest BCUT2D eigenvalue weighted by Gasteiger charge is -2.05. The van der Waals surface area contributed by atoms with E-state index in [9.17, 15) is 8.60 Å². The number of nitrogen functional groups attached to an aromatic ring is 1. The summed E-state index contributed by atoms with van der Waals surface area (Å²) in [6, 6.07) is 11.1. The minimum atomic E-state index is -1.43. The molecule has 2 nitrogen and oxygen atoms in total. The van der Waals surface area contributed by atoms with Crippen LogP contribution >= 0.6 is 11.6 Å². The van der Waals surface area contributed by atoms with Gasteiger partial charge in [0.15, 0.2) is 0 Å². The van der Waals surface area contributed by atoms with Crippen LogP contribution in [-0.2, 0) is 16.6 Å². The van der Waals surface area contributed by atoms with Crippen LogP contribution in [0.1, 0.15) is 5.56 Å². The third-order valence-corrected chi connectivity index (χ3v) is 4.08. The van der Waals surface area contributed by atoms with E-state index in [1.807, 2.05) is 0 Å². The Morgan fingerprint density at radius 2 is 1.83 bits per heavy atom. The van der Waals surface area contributed by atoms with Crippen LogP contribution < -0.4 is 5.73 Å². The molecule has 0 fully saturated rings. The van der Waals surface area contributed by atoms with Crippen LogP contribution in [0.25, 0.3) is 0 Å². The molecule has 2 aromatic rings. The van der Waals surface area contributed by atoms with Gasteiger partial charge in [-0.15, -0.1) is 0 Å². The summed E-state index contributed by atoms with van der Waals surface area (Å²) < 4.78 is 25.6. The second-order valence-electron chi connectivity index (χ2n) is 3.81. The molecule has 0 amide bonds. The number of hydrogen-bond acceptors (Lipinski definition) is 2. The van der Waals surface area contributed by atoms with E-state index >= 15 is 0 Å². The van der Waals surface area contributed by atoms with Crippen LogP contribution in [0.15, 0.2) is 47.4 Å². The summed E-state index contributed by atoms with van der Waals surface area (Å²) in [5.74, 6) is -0.292. The van der Waals surface area contributed by atoms with Crippen LogP contribution in [0.4, 0.5) is 10.1 Å². The van der Waals surface area contributed by atoms with Gasteiger partial charge in [0.1, 0.15) is 5.82 Å². The average Bonchev–Trinajstić information content (AvgIpc) is 2.32. The fourth-order valence-electron chi connectivity index (χ4n) is 1.51. The fraction of sp³-hybridized carbons (Fsp3) is 0.0769. The van der Waals surface area contributed by atoms with Gasteiger partial charge in [-0.3, -0.25) is 4.21 Å². The van der Waals surface area contributed by atoms with Gasteiger partial charge >= 0.3 is 0 Å². The smallest absolute Gasteiger partial charge is 0.141 e. The third kappa shape index (κ3) is 3.09. The average molecular weight is 284 g/mol. The molecule has 0 aliphatic heterocycles. The van der Waals surface area contributed by atoms with Crippen molar-refractivity contribution in [2.75, 3.05) is 5.73 Å². The van der Waals surface area contributed by atoms with Crippen molar-refractivity contribution >= 4 is 28.1 Å². The normalized spacial score (nSPS) is 12.3. The van der Waals surface area contributed by atoms with Gasteiger partial charge in [-0.25, -0.2) is 4.39 Å². The Balaban J connectivity index is 2.19. The van der Waals surface area contributed by atoms with E-state index in [1.54, 1.807) is 24.3 Å². The number of benzene rings is 2. The van der Waals surface area contributed by atoms with Crippen molar-refractivity contribution in [2.24, 2.45) is 0 Å².